The van der Waals surface area contributed by atoms with Gasteiger partial charge in [-0.1, -0.05) is 36.1 Å². The molecule has 2 amide bonds. The third-order valence-corrected chi connectivity index (χ3v) is 7.56. The van der Waals surface area contributed by atoms with Crippen LogP contribution in [0.3, 0.4) is 0 Å². The number of anilines is 2. The molecule has 1 aliphatic heterocycles. The van der Waals surface area contributed by atoms with E-state index in [1.165, 1.54) is 16.7 Å². The molecule has 4 rings (SSSR count). The number of thiocarbonyl (C=S) groups is 1. The minimum atomic E-state index is -0.258. The maximum Gasteiger partial charge on any atom is 0.270 e. The number of ether oxygens (including phenoxy) is 2. The van der Waals surface area contributed by atoms with E-state index >= 15 is 0 Å². The zero-order valence-electron chi connectivity index (χ0n) is 20.5. The van der Waals surface area contributed by atoms with Crippen molar-refractivity contribution in [3.8, 4) is 11.5 Å². The SMILES string of the molecule is CCOc1ccc(N2C(=O)/C(=C\c3ccc(OCC(=O)Nc4cc(C)c(C)cc4Br)cc3)SC2=S)cc1. The maximum atomic E-state index is 13.0. The molecule has 1 aliphatic rings. The number of halogens is 1. The van der Waals surface area contributed by atoms with Gasteiger partial charge >= 0.3 is 0 Å². The molecule has 3 aromatic carbocycles. The fourth-order valence-electron chi connectivity index (χ4n) is 3.57. The summed E-state index contributed by atoms with van der Waals surface area (Å²) in [6.45, 7) is 6.38. The Kier molecular flexibility index (Phi) is 8.68. The average molecular weight is 598 g/mol. The van der Waals surface area contributed by atoms with Crippen LogP contribution in [0, 0.1) is 13.8 Å². The van der Waals surface area contributed by atoms with Crippen LogP contribution in [-0.2, 0) is 9.59 Å². The van der Waals surface area contributed by atoms with E-state index in [2.05, 4.69) is 21.2 Å². The number of amides is 2. The van der Waals surface area contributed by atoms with Gasteiger partial charge in [-0.15, -0.1) is 0 Å². The summed E-state index contributed by atoms with van der Waals surface area (Å²) < 4.78 is 12.4. The number of nitrogens with one attached hydrogen (secondary N) is 1. The summed E-state index contributed by atoms with van der Waals surface area (Å²) >= 11 is 10.2. The first-order valence-corrected chi connectivity index (χ1v) is 13.6. The Hall–Kier alpha value is -3.14. The van der Waals surface area contributed by atoms with Gasteiger partial charge in [0, 0.05) is 4.47 Å². The highest BCUT2D eigenvalue weighted by Gasteiger charge is 2.33. The van der Waals surface area contributed by atoms with E-state index in [9.17, 15) is 9.59 Å². The molecule has 0 aliphatic carbocycles. The van der Waals surface area contributed by atoms with Gasteiger partial charge in [0.1, 0.15) is 11.5 Å². The first kappa shape index (κ1) is 26.9. The molecule has 0 atom stereocenters. The number of aryl methyl sites for hydroxylation is 2. The zero-order valence-corrected chi connectivity index (χ0v) is 23.8. The van der Waals surface area contributed by atoms with Crippen LogP contribution in [0.2, 0.25) is 0 Å². The van der Waals surface area contributed by atoms with E-state index in [4.69, 9.17) is 21.7 Å². The van der Waals surface area contributed by atoms with Gasteiger partial charge in [-0.25, -0.2) is 0 Å². The van der Waals surface area contributed by atoms with Gasteiger partial charge < -0.3 is 14.8 Å². The Morgan fingerprint density at radius 2 is 1.65 bits per heavy atom. The van der Waals surface area contributed by atoms with E-state index in [1.54, 1.807) is 18.2 Å². The van der Waals surface area contributed by atoms with Gasteiger partial charge in [0.2, 0.25) is 0 Å². The standard InChI is InChI=1S/C28H25BrN2O4S2/c1-4-34-21-11-7-20(8-12-21)31-27(33)25(37-28(31)36)15-19-5-9-22(10-6-19)35-16-26(32)30-24-14-18(3)17(2)13-23(24)29/h5-15H,4,16H2,1-3H3,(H,30,32)/b25-15+. The summed E-state index contributed by atoms with van der Waals surface area (Å²) in [6, 6.07) is 18.4. The number of carbonyl (C=O) groups excluding carboxylic acids is 2. The molecule has 0 radical (unpaired) electrons. The van der Waals surface area contributed by atoms with Gasteiger partial charge in [0.15, 0.2) is 10.9 Å². The molecule has 37 heavy (non-hydrogen) atoms. The van der Waals surface area contributed by atoms with E-state index in [0.29, 0.717) is 33.0 Å². The Morgan fingerprint density at radius 3 is 2.32 bits per heavy atom. The molecule has 0 aromatic heterocycles. The smallest absolute Gasteiger partial charge is 0.270 e. The molecule has 1 heterocycles. The first-order chi connectivity index (χ1) is 17.7. The van der Waals surface area contributed by atoms with E-state index < -0.39 is 0 Å². The van der Waals surface area contributed by atoms with Crippen molar-refractivity contribution in [3.05, 3.63) is 86.7 Å². The molecular formula is C28H25BrN2O4S2. The number of hydrogen-bond donors (Lipinski definition) is 1. The molecule has 0 unspecified atom stereocenters. The van der Waals surface area contributed by atoms with Crippen molar-refractivity contribution >= 4 is 73.5 Å². The molecule has 1 saturated heterocycles. The van der Waals surface area contributed by atoms with Crippen molar-refractivity contribution < 1.29 is 19.1 Å². The normalized spacial score (nSPS) is 14.3. The average Bonchev–Trinajstić information content (AvgIpc) is 3.15. The number of carbonyl (C=O) groups is 2. The van der Waals surface area contributed by atoms with Crippen LogP contribution in [0.15, 0.2) is 70.0 Å². The fraction of sp³-hybridized carbons (Fsp3) is 0.179. The summed E-state index contributed by atoms with van der Waals surface area (Å²) in [4.78, 5) is 27.5. The van der Waals surface area contributed by atoms with Gasteiger partial charge in [0.05, 0.1) is 22.9 Å². The molecule has 0 spiro atoms. The van der Waals surface area contributed by atoms with Crippen molar-refractivity contribution in [2.75, 3.05) is 23.4 Å². The molecule has 6 nitrogen and oxygen atoms in total. The minimum absolute atomic E-state index is 0.126. The third kappa shape index (κ3) is 6.60. The molecule has 190 valence electrons. The minimum Gasteiger partial charge on any atom is -0.494 e. The van der Waals surface area contributed by atoms with E-state index in [-0.39, 0.29) is 18.4 Å². The Labute approximate surface area is 234 Å². The summed E-state index contributed by atoms with van der Waals surface area (Å²) in [5.41, 5.74) is 4.45. The van der Waals surface area contributed by atoms with Gasteiger partial charge in [0.25, 0.3) is 11.8 Å². The topological polar surface area (TPSA) is 67.9 Å². The highest BCUT2D eigenvalue weighted by Crippen LogP contribution is 2.36. The monoisotopic (exact) mass is 596 g/mol. The lowest BCUT2D eigenvalue weighted by molar-refractivity contribution is -0.118. The predicted octanol–water partition coefficient (Wildman–Crippen LogP) is 6.89. The van der Waals surface area contributed by atoms with Crippen molar-refractivity contribution in [2.24, 2.45) is 0 Å². The van der Waals surface area contributed by atoms with E-state index in [0.717, 1.165) is 26.9 Å². The number of nitrogens with zero attached hydrogens (tertiary/aromatic N) is 1. The van der Waals surface area contributed by atoms with Crippen LogP contribution >= 0.6 is 39.9 Å². The van der Waals surface area contributed by atoms with E-state index in [1.807, 2.05) is 69.3 Å². The predicted molar refractivity (Wildman–Crippen MR) is 157 cm³/mol. The highest BCUT2D eigenvalue weighted by molar-refractivity contribution is 9.10. The van der Waals surface area contributed by atoms with Crippen molar-refractivity contribution in [1.82, 2.24) is 0 Å². The second kappa shape index (κ2) is 11.9. The lowest BCUT2D eigenvalue weighted by Crippen LogP contribution is -2.27. The van der Waals surface area contributed by atoms with Crippen LogP contribution in [0.5, 0.6) is 11.5 Å². The van der Waals surface area contributed by atoms with Crippen LogP contribution in [-0.4, -0.2) is 29.3 Å². The van der Waals surface area contributed by atoms with Gasteiger partial charge in [-0.2, -0.15) is 0 Å². The molecular weight excluding hydrogens is 572 g/mol. The molecule has 9 heteroatoms. The third-order valence-electron chi connectivity index (χ3n) is 5.60. The second-order valence-electron chi connectivity index (χ2n) is 8.27. The van der Waals surface area contributed by atoms with Crippen molar-refractivity contribution in [3.63, 3.8) is 0 Å². The summed E-state index contributed by atoms with van der Waals surface area (Å²) in [6.07, 6.45) is 1.79. The Morgan fingerprint density at radius 1 is 1.03 bits per heavy atom. The van der Waals surface area contributed by atoms with Crippen LogP contribution in [0.25, 0.3) is 6.08 Å². The van der Waals surface area contributed by atoms with Crippen LogP contribution in [0.1, 0.15) is 23.6 Å². The Balaban J connectivity index is 1.36. The fourth-order valence-corrected chi connectivity index (χ4v) is 5.43. The first-order valence-electron chi connectivity index (χ1n) is 11.6. The van der Waals surface area contributed by atoms with Crippen LogP contribution in [0.4, 0.5) is 11.4 Å². The lowest BCUT2D eigenvalue weighted by atomic mass is 10.1. The molecule has 1 fully saturated rings. The Bertz CT molecular complexity index is 1370. The number of rotatable bonds is 8. The number of hydrogen-bond acceptors (Lipinski definition) is 6. The highest BCUT2D eigenvalue weighted by atomic mass is 79.9. The molecule has 1 N–H and O–H groups in total. The summed E-state index contributed by atoms with van der Waals surface area (Å²) in [5.74, 6) is 0.859. The number of benzene rings is 3. The van der Waals surface area contributed by atoms with Gasteiger partial charge in [-0.3, -0.25) is 14.5 Å². The number of thioether (sulfide) groups is 1. The summed E-state index contributed by atoms with van der Waals surface area (Å²) in [7, 11) is 0. The van der Waals surface area contributed by atoms with Crippen LogP contribution < -0.4 is 19.7 Å². The second-order valence-corrected chi connectivity index (χ2v) is 10.8. The maximum absolute atomic E-state index is 13.0. The molecule has 0 saturated carbocycles. The lowest BCUT2D eigenvalue weighted by Gasteiger charge is -2.15. The molecule has 3 aromatic rings. The van der Waals surface area contributed by atoms with Gasteiger partial charge in [-0.05, 0) is 108 Å². The van der Waals surface area contributed by atoms with Crippen molar-refractivity contribution in [1.29, 1.82) is 0 Å². The quantitative estimate of drug-likeness (QED) is 0.226. The van der Waals surface area contributed by atoms with Crippen molar-refractivity contribution in [2.45, 2.75) is 20.8 Å². The zero-order chi connectivity index (χ0) is 26.5. The largest absolute Gasteiger partial charge is 0.494 e. The summed E-state index contributed by atoms with van der Waals surface area (Å²) in [5, 5.41) is 2.86. The molecule has 0 bridgehead atoms.